The number of carbonyl (C=O) groups is 2. The van der Waals surface area contributed by atoms with Crippen molar-refractivity contribution in [1.29, 1.82) is 0 Å². The second kappa shape index (κ2) is 5.90. The predicted molar refractivity (Wildman–Crippen MR) is 87.1 cm³/mol. The number of aliphatic carboxylic acids is 1. The fourth-order valence-electron chi connectivity index (χ4n) is 2.14. The fraction of sp³-hybridized carbons (Fsp3) is 0.0667. The molecule has 2 aromatic rings. The molecule has 6 nitrogen and oxygen atoms in total. The molecule has 0 saturated heterocycles. The third kappa shape index (κ3) is 2.99. The molecule has 116 valence electrons. The van der Waals surface area contributed by atoms with Gasteiger partial charge in [-0.15, -0.1) is 11.3 Å². The second-order valence-corrected chi connectivity index (χ2v) is 6.43. The van der Waals surface area contributed by atoms with Crippen molar-refractivity contribution < 1.29 is 19.8 Å². The van der Waals surface area contributed by atoms with E-state index in [1.54, 1.807) is 18.2 Å². The summed E-state index contributed by atoms with van der Waals surface area (Å²) >= 11 is 6.08. The van der Waals surface area contributed by atoms with Crippen molar-refractivity contribution in [3.05, 3.63) is 49.2 Å². The van der Waals surface area contributed by atoms with Crippen LogP contribution in [0.15, 0.2) is 34.8 Å². The lowest BCUT2D eigenvalue weighted by molar-refractivity contribution is -0.137. The molecule has 0 fully saturated rings. The van der Waals surface area contributed by atoms with E-state index in [4.69, 9.17) is 17.3 Å². The highest BCUT2D eigenvalue weighted by atomic mass is 32.1. The van der Waals surface area contributed by atoms with E-state index in [0.29, 0.717) is 15.8 Å². The Labute approximate surface area is 139 Å². The molecule has 23 heavy (non-hydrogen) atoms. The van der Waals surface area contributed by atoms with Crippen LogP contribution in [0.3, 0.4) is 0 Å². The smallest absolute Gasteiger partial charge is 0.323 e. The van der Waals surface area contributed by atoms with Gasteiger partial charge in [-0.2, -0.15) is 0 Å². The van der Waals surface area contributed by atoms with Gasteiger partial charge in [0.1, 0.15) is 6.54 Å². The lowest BCUT2D eigenvalue weighted by atomic mass is 10.1. The van der Waals surface area contributed by atoms with Gasteiger partial charge < -0.3 is 10.2 Å². The predicted octanol–water partition coefficient (Wildman–Crippen LogP) is 1.09. The molecular weight excluding hydrogens is 336 g/mol. The molecule has 0 spiro atoms. The second-order valence-electron chi connectivity index (χ2n) is 4.76. The van der Waals surface area contributed by atoms with Crippen LogP contribution in [-0.2, 0) is 16.1 Å². The molecule has 1 aromatic heterocycles. The quantitative estimate of drug-likeness (QED) is 0.641. The van der Waals surface area contributed by atoms with E-state index in [9.17, 15) is 14.7 Å². The van der Waals surface area contributed by atoms with Gasteiger partial charge in [-0.05, 0) is 30.4 Å². The van der Waals surface area contributed by atoms with Gasteiger partial charge in [0.2, 0.25) is 5.88 Å². The van der Waals surface area contributed by atoms with Crippen LogP contribution in [0.1, 0.15) is 4.88 Å². The number of thiazole rings is 1. The molecule has 1 amide bonds. The lowest BCUT2D eigenvalue weighted by Crippen LogP contribution is -2.29. The number of benzene rings is 1. The maximum absolute atomic E-state index is 12.1. The number of fused-ring (bicyclic) bond motifs is 1. The van der Waals surface area contributed by atoms with Gasteiger partial charge in [0.25, 0.3) is 5.91 Å². The third-order valence-electron chi connectivity index (χ3n) is 3.19. The summed E-state index contributed by atoms with van der Waals surface area (Å²) in [6, 6.07) is 7.20. The molecule has 1 aromatic carbocycles. The zero-order chi connectivity index (χ0) is 16.6. The molecule has 1 aliphatic rings. The number of aromatic nitrogens is 1. The van der Waals surface area contributed by atoms with Gasteiger partial charge in [-0.3, -0.25) is 14.2 Å². The van der Waals surface area contributed by atoms with Crippen molar-refractivity contribution in [1.82, 2.24) is 4.57 Å². The number of para-hydroxylation sites is 1. The molecule has 0 unspecified atom stereocenters. The van der Waals surface area contributed by atoms with Crippen molar-refractivity contribution in [3.63, 3.8) is 0 Å². The third-order valence-corrected chi connectivity index (χ3v) is 4.58. The van der Waals surface area contributed by atoms with Gasteiger partial charge >= 0.3 is 5.97 Å². The van der Waals surface area contributed by atoms with E-state index in [1.165, 1.54) is 6.08 Å². The summed E-state index contributed by atoms with van der Waals surface area (Å²) in [5.74, 6) is -1.81. The first-order valence-electron chi connectivity index (χ1n) is 6.51. The molecule has 0 saturated carbocycles. The number of hydrogen-bond acceptors (Lipinski definition) is 5. The summed E-state index contributed by atoms with van der Waals surface area (Å²) < 4.78 is 1.32. The Morgan fingerprint density at radius 1 is 1.39 bits per heavy atom. The number of hydrogen-bond donors (Lipinski definition) is 2. The zero-order valence-electron chi connectivity index (χ0n) is 11.6. The summed E-state index contributed by atoms with van der Waals surface area (Å²) in [7, 11) is 0. The number of aromatic hydroxyl groups is 1. The largest absolute Gasteiger partial charge is 0.493 e. The number of rotatable bonds is 3. The molecule has 8 heteroatoms. The van der Waals surface area contributed by atoms with Gasteiger partial charge in [-0.1, -0.05) is 18.2 Å². The Morgan fingerprint density at radius 2 is 2.13 bits per heavy atom. The average Bonchev–Trinajstić information content (AvgIpc) is 2.75. The highest BCUT2D eigenvalue weighted by Gasteiger charge is 2.16. The van der Waals surface area contributed by atoms with Crippen LogP contribution in [-0.4, -0.2) is 26.7 Å². The molecule has 1 aliphatic heterocycles. The van der Waals surface area contributed by atoms with Crippen molar-refractivity contribution in [2.24, 2.45) is 4.99 Å². The summed E-state index contributed by atoms with van der Waals surface area (Å²) in [5, 5.41) is 20.3. The highest BCUT2D eigenvalue weighted by molar-refractivity contribution is 7.73. The fourth-order valence-corrected chi connectivity index (χ4v) is 3.40. The molecule has 0 radical (unpaired) electrons. The zero-order valence-corrected chi connectivity index (χ0v) is 13.2. The van der Waals surface area contributed by atoms with Crippen molar-refractivity contribution in [2.45, 2.75) is 6.54 Å². The number of amides is 1. The molecule has 2 N–H and O–H groups in total. The van der Waals surface area contributed by atoms with Gasteiger partial charge in [0, 0.05) is 10.8 Å². The van der Waals surface area contributed by atoms with Crippen molar-refractivity contribution in [2.75, 3.05) is 0 Å². The van der Waals surface area contributed by atoms with E-state index >= 15 is 0 Å². The van der Waals surface area contributed by atoms with E-state index in [1.807, 2.05) is 12.1 Å². The first-order valence-corrected chi connectivity index (χ1v) is 7.74. The maximum Gasteiger partial charge on any atom is 0.323 e. The minimum atomic E-state index is -1.11. The summed E-state index contributed by atoms with van der Waals surface area (Å²) in [6.07, 6.45) is 3.14. The lowest BCUT2D eigenvalue weighted by Gasteiger charge is -2.03. The molecule has 3 rings (SSSR count). The first kappa shape index (κ1) is 15.3. The van der Waals surface area contributed by atoms with Gasteiger partial charge in [0.15, 0.2) is 3.95 Å². The van der Waals surface area contributed by atoms with Crippen LogP contribution >= 0.6 is 23.6 Å². The van der Waals surface area contributed by atoms with Crippen LogP contribution in [0, 0.1) is 3.95 Å². The highest BCUT2D eigenvalue weighted by Crippen LogP contribution is 2.29. The van der Waals surface area contributed by atoms with Crippen LogP contribution in [0.5, 0.6) is 5.88 Å². The molecular formula is C15H10N2O4S2. The summed E-state index contributed by atoms with van der Waals surface area (Å²) in [5.41, 5.74) is 0.303. The summed E-state index contributed by atoms with van der Waals surface area (Å²) in [4.78, 5) is 27.2. The normalized spacial score (nSPS) is 15.0. The Balaban J connectivity index is 2.10. The topological polar surface area (TPSA) is 91.9 Å². The first-order chi connectivity index (χ1) is 11.0. The number of nitrogens with zero attached hydrogens (tertiary/aromatic N) is 2. The van der Waals surface area contributed by atoms with Crippen LogP contribution in [0.25, 0.3) is 12.2 Å². The summed E-state index contributed by atoms with van der Waals surface area (Å²) in [6.45, 7) is -0.435. The van der Waals surface area contributed by atoms with Crippen molar-refractivity contribution >= 4 is 47.6 Å². The van der Waals surface area contributed by atoms with Gasteiger partial charge in [0.05, 0.1) is 10.2 Å². The molecule has 0 atom stereocenters. The van der Waals surface area contributed by atoms with Gasteiger partial charge in [-0.25, -0.2) is 4.99 Å². The molecule has 0 bridgehead atoms. The number of carboxylic acid groups (broad SMARTS) is 1. The minimum Gasteiger partial charge on any atom is -0.493 e. The Kier molecular flexibility index (Phi) is 3.93. The van der Waals surface area contributed by atoms with E-state index in [0.717, 1.165) is 21.1 Å². The van der Waals surface area contributed by atoms with E-state index < -0.39 is 18.4 Å². The number of carboxylic acids is 1. The average molecular weight is 346 g/mol. The van der Waals surface area contributed by atoms with E-state index in [-0.39, 0.29) is 9.83 Å². The van der Waals surface area contributed by atoms with Crippen LogP contribution < -0.4 is 10.6 Å². The Morgan fingerprint density at radius 3 is 2.87 bits per heavy atom. The Bertz CT molecular complexity index is 1030. The van der Waals surface area contributed by atoms with Crippen molar-refractivity contribution in [3.8, 4) is 5.88 Å². The van der Waals surface area contributed by atoms with E-state index in [2.05, 4.69) is 4.99 Å². The monoisotopic (exact) mass is 346 g/mol. The molecule has 2 heterocycles. The van der Waals surface area contributed by atoms with Crippen LogP contribution in [0.4, 0.5) is 0 Å². The SMILES string of the molecule is O=C(O)Cn1c(O)c(C=C2C=c3ccccc3=NC2=O)sc1=S. The molecule has 0 aliphatic carbocycles. The van der Waals surface area contributed by atoms with Crippen LogP contribution in [0.2, 0.25) is 0 Å². The maximum atomic E-state index is 12.1. The minimum absolute atomic E-state index is 0.220. The number of carbonyl (C=O) groups excluding carboxylic acids is 1. The standard InChI is InChI=1S/C15H10N2O4S2/c18-12(19)7-17-14(21)11(23-15(17)22)6-9-5-8-3-1-2-4-10(8)16-13(9)20/h1-6,21H,7H2,(H,18,19). The Hall–Kier alpha value is -2.58.